The first-order chi connectivity index (χ1) is 10.1. The minimum Gasteiger partial charge on any atom is -0.387 e. The molecule has 0 radical (unpaired) electrons. The number of aliphatic hydroxyl groups excluding tert-OH is 1. The molecule has 1 atom stereocenters. The molecule has 0 aliphatic carbocycles. The van der Waals surface area contributed by atoms with Gasteiger partial charge in [0.15, 0.2) is 0 Å². The van der Waals surface area contributed by atoms with Crippen LogP contribution >= 0.6 is 0 Å². The minimum absolute atomic E-state index is 0.0856. The Kier molecular flexibility index (Phi) is 5.11. The summed E-state index contributed by atoms with van der Waals surface area (Å²) in [5.41, 5.74) is 2.80. The van der Waals surface area contributed by atoms with E-state index in [0.29, 0.717) is 13.0 Å². The molecule has 0 aliphatic rings. The van der Waals surface area contributed by atoms with Gasteiger partial charge >= 0.3 is 0 Å². The molecular formula is C16H21N3O2. The van der Waals surface area contributed by atoms with Gasteiger partial charge in [-0.1, -0.05) is 30.3 Å². The molecule has 0 spiro atoms. The van der Waals surface area contributed by atoms with Crippen molar-refractivity contribution in [1.82, 2.24) is 15.1 Å². The van der Waals surface area contributed by atoms with Crippen LogP contribution in [0, 0.1) is 13.8 Å². The predicted molar refractivity (Wildman–Crippen MR) is 80.7 cm³/mol. The van der Waals surface area contributed by atoms with Gasteiger partial charge in [-0.05, 0) is 25.5 Å². The predicted octanol–water partition coefficient (Wildman–Crippen LogP) is 1.74. The van der Waals surface area contributed by atoms with Crippen molar-refractivity contribution < 1.29 is 9.90 Å². The maximum Gasteiger partial charge on any atom is 0.221 e. The Balaban J connectivity index is 1.76. The number of nitrogens with zero attached hydrogens (tertiary/aromatic N) is 2. The maximum atomic E-state index is 11.8. The van der Waals surface area contributed by atoms with Crippen LogP contribution in [0.1, 0.15) is 29.5 Å². The molecule has 21 heavy (non-hydrogen) atoms. The van der Waals surface area contributed by atoms with Crippen molar-refractivity contribution in [3.63, 3.8) is 0 Å². The largest absolute Gasteiger partial charge is 0.387 e. The molecule has 1 heterocycles. The summed E-state index contributed by atoms with van der Waals surface area (Å²) in [6, 6.07) is 11.3. The Hall–Kier alpha value is -2.14. The van der Waals surface area contributed by atoms with E-state index in [4.69, 9.17) is 0 Å². The molecule has 2 rings (SSSR count). The fourth-order valence-corrected chi connectivity index (χ4v) is 2.20. The number of aryl methyl sites for hydroxylation is 3. The van der Waals surface area contributed by atoms with Gasteiger partial charge in [-0.3, -0.25) is 9.48 Å². The third kappa shape index (κ3) is 4.43. The van der Waals surface area contributed by atoms with Crippen molar-refractivity contribution in [3.05, 3.63) is 53.3 Å². The van der Waals surface area contributed by atoms with Crippen LogP contribution in [0.25, 0.3) is 0 Å². The summed E-state index contributed by atoms with van der Waals surface area (Å²) in [6.45, 7) is 4.67. The van der Waals surface area contributed by atoms with E-state index in [0.717, 1.165) is 17.0 Å². The Morgan fingerprint density at radius 2 is 2.05 bits per heavy atom. The van der Waals surface area contributed by atoms with E-state index in [1.807, 2.05) is 54.9 Å². The summed E-state index contributed by atoms with van der Waals surface area (Å²) in [4.78, 5) is 11.8. The van der Waals surface area contributed by atoms with Crippen molar-refractivity contribution in [2.45, 2.75) is 32.9 Å². The number of rotatable bonds is 6. The Morgan fingerprint density at radius 1 is 1.33 bits per heavy atom. The van der Waals surface area contributed by atoms with Gasteiger partial charge in [0.1, 0.15) is 0 Å². The van der Waals surface area contributed by atoms with Crippen LogP contribution in [0.15, 0.2) is 36.4 Å². The van der Waals surface area contributed by atoms with E-state index in [1.165, 1.54) is 0 Å². The molecule has 1 unspecified atom stereocenters. The number of carbonyl (C=O) groups excluding carboxylic acids is 1. The van der Waals surface area contributed by atoms with E-state index in [2.05, 4.69) is 10.4 Å². The van der Waals surface area contributed by atoms with E-state index in [9.17, 15) is 9.90 Å². The molecule has 2 N–H and O–H groups in total. The highest BCUT2D eigenvalue weighted by molar-refractivity contribution is 5.75. The second kappa shape index (κ2) is 7.04. The molecule has 1 aromatic carbocycles. The molecule has 0 saturated carbocycles. The highest BCUT2D eigenvalue weighted by Gasteiger charge is 2.09. The summed E-state index contributed by atoms with van der Waals surface area (Å²) in [7, 11) is 0. The Labute approximate surface area is 124 Å². The van der Waals surface area contributed by atoms with E-state index < -0.39 is 6.10 Å². The first-order valence-electron chi connectivity index (χ1n) is 7.07. The van der Waals surface area contributed by atoms with E-state index in [1.54, 1.807) is 0 Å². The van der Waals surface area contributed by atoms with Gasteiger partial charge in [-0.2, -0.15) is 5.10 Å². The van der Waals surface area contributed by atoms with Crippen LogP contribution < -0.4 is 5.32 Å². The fourth-order valence-electron chi connectivity index (χ4n) is 2.20. The fraction of sp³-hybridized carbons (Fsp3) is 0.375. The lowest BCUT2D eigenvalue weighted by atomic mass is 10.1. The van der Waals surface area contributed by atoms with Gasteiger partial charge in [0.2, 0.25) is 5.91 Å². The second-order valence-electron chi connectivity index (χ2n) is 5.13. The summed E-state index contributed by atoms with van der Waals surface area (Å²) in [6.07, 6.45) is -0.326. The number of carbonyl (C=O) groups is 1. The second-order valence-corrected chi connectivity index (χ2v) is 5.13. The summed E-state index contributed by atoms with van der Waals surface area (Å²) in [5, 5.41) is 17.0. The monoisotopic (exact) mass is 287 g/mol. The SMILES string of the molecule is Cc1cc(C)n(CCC(=O)NCC(O)c2ccccc2)n1. The topological polar surface area (TPSA) is 67.2 Å². The van der Waals surface area contributed by atoms with Crippen LogP contribution in [0.3, 0.4) is 0 Å². The molecule has 1 amide bonds. The molecule has 0 saturated heterocycles. The summed E-state index contributed by atoms with van der Waals surface area (Å²) >= 11 is 0. The summed E-state index contributed by atoms with van der Waals surface area (Å²) in [5.74, 6) is -0.0856. The van der Waals surface area contributed by atoms with Crippen LogP contribution in [0.5, 0.6) is 0 Å². The number of hydrogen-bond donors (Lipinski definition) is 2. The van der Waals surface area contributed by atoms with Crippen LogP contribution in [-0.2, 0) is 11.3 Å². The van der Waals surface area contributed by atoms with Crippen LogP contribution in [0.2, 0.25) is 0 Å². The number of hydrogen-bond acceptors (Lipinski definition) is 3. The number of amides is 1. The average molecular weight is 287 g/mol. The van der Waals surface area contributed by atoms with E-state index in [-0.39, 0.29) is 12.5 Å². The van der Waals surface area contributed by atoms with Gasteiger partial charge in [-0.15, -0.1) is 0 Å². The molecule has 2 aromatic rings. The molecule has 0 bridgehead atoms. The smallest absolute Gasteiger partial charge is 0.221 e. The zero-order valence-corrected chi connectivity index (χ0v) is 12.4. The van der Waals surface area contributed by atoms with Gasteiger partial charge in [0.05, 0.1) is 11.8 Å². The number of nitrogens with one attached hydrogen (secondary N) is 1. The van der Waals surface area contributed by atoms with Crippen molar-refractivity contribution in [2.75, 3.05) is 6.54 Å². The highest BCUT2D eigenvalue weighted by Crippen LogP contribution is 2.10. The van der Waals surface area contributed by atoms with Crippen molar-refractivity contribution >= 4 is 5.91 Å². The van der Waals surface area contributed by atoms with Gasteiger partial charge in [0, 0.05) is 25.2 Å². The van der Waals surface area contributed by atoms with Crippen LogP contribution in [0.4, 0.5) is 0 Å². The standard InChI is InChI=1S/C16H21N3O2/c1-12-10-13(2)19(18-12)9-8-16(21)17-11-15(20)14-6-4-3-5-7-14/h3-7,10,15,20H,8-9,11H2,1-2H3,(H,17,21). The van der Waals surface area contributed by atoms with Gasteiger partial charge < -0.3 is 10.4 Å². The minimum atomic E-state index is -0.677. The zero-order chi connectivity index (χ0) is 15.2. The maximum absolute atomic E-state index is 11.8. The first kappa shape index (κ1) is 15.3. The van der Waals surface area contributed by atoms with Gasteiger partial charge in [-0.25, -0.2) is 0 Å². The number of aromatic nitrogens is 2. The van der Waals surface area contributed by atoms with Crippen LogP contribution in [-0.4, -0.2) is 27.3 Å². The Bertz CT molecular complexity index is 593. The lowest BCUT2D eigenvalue weighted by Gasteiger charge is -2.12. The molecule has 5 nitrogen and oxygen atoms in total. The molecular weight excluding hydrogens is 266 g/mol. The molecule has 0 aliphatic heterocycles. The quantitative estimate of drug-likeness (QED) is 0.850. The molecule has 5 heteroatoms. The number of benzene rings is 1. The average Bonchev–Trinajstić information content (AvgIpc) is 2.81. The summed E-state index contributed by atoms with van der Waals surface area (Å²) < 4.78 is 1.82. The molecule has 112 valence electrons. The van der Waals surface area contributed by atoms with E-state index >= 15 is 0 Å². The third-order valence-electron chi connectivity index (χ3n) is 3.33. The lowest BCUT2D eigenvalue weighted by molar-refractivity contribution is -0.121. The van der Waals surface area contributed by atoms with Crippen molar-refractivity contribution in [3.8, 4) is 0 Å². The van der Waals surface area contributed by atoms with Gasteiger partial charge in [0.25, 0.3) is 0 Å². The van der Waals surface area contributed by atoms with Crippen molar-refractivity contribution in [1.29, 1.82) is 0 Å². The Morgan fingerprint density at radius 3 is 2.67 bits per heavy atom. The first-order valence-corrected chi connectivity index (χ1v) is 7.07. The normalized spacial score (nSPS) is 12.1. The molecule has 1 aromatic heterocycles. The third-order valence-corrected chi connectivity index (χ3v) is 3.33. The molecule has 0 fully saturated rings. The highest BCUT2D eigenvalue weighted by atomic mass is 16.3. The number of aliphatic hydroxyl groups is 1. The zero-order valence-electron chi connectivity index (χ0n) is 12.4. The lowest BCUT2D eigenvalue weighted by Crippen LogP contribution is -2.29. The van der Waals surface area contributed by atoms with Crippen molar-refractivity contribution in [2.24, 2.45) is 0 Å².